The lowest BCUT2D eigenvalue weighted by Gasteiger charge is -2.13. The smallest absolute Gasteiger partial charge is 0.338 e. The molecule has 2 N–H and O–H groups in total. The average molecular weight is 291 g/mol. The molecule has 0 bridgehead atoms. The maximum atomic E-state index is 11.8. The first-order valence-electron chi connectivity index (χ1n) is 7.96. The Morgan fingerprint density at radius 2 is 1.62 bits per heavy atom. The van der Waals surface area contributed by atoms with Gasteiger partial charge in [-0.15, -0.1) is 0 Å². The predicted octanol–water partition coefficient (Wildman–Crippen LogP) is 4.47. The Hall–Kier alpha value is -1.35. The van der Waals surface area contributed by atoms with Crippen LogP contribution in [-0.4, -0.2) is 12.1 Å². The van der Waals surface area contributed by atoms with Crippen molar-refractivity contribution in [3.05, 3.63) is 35.4 Å². The van der Waals surface area contributed by atoms with Crippen molar-refractivity contribution in [3.8, 4) is 0 Å². The van der Waals surface area contributed by atoms with Crippen molar-refractivity contribution in [2.45, 2.75) is 65.5 Å². The summed E-state index contributed by atoms with van der Waals surface area (Å²) in [5.41, 5.74) is 7.87. The summed E-state index contributed by atoms with van der Waals surface area (Å²) in [5, 5.41) is 0. The van der Waals surface area contributed by atoms with Crippen molar-refractivity contribution < 1.29 is 9.53 Å². The molecule has 0 spiro atoms. The third-order valence-electron chi connectivity index (χ3n) is 3.46. The highest BCUT2D eigenvalue weighted by molar-refractivity contribution is 5.89. The first-order valence-corrected chi connectivity index (χ1v) is 7.96. The van der Waals surface area contributed by atoms with E-state index in [0.717, 1.165) is 24.3 Å². The number of ether oxygens (including phenoxy) is 1. The standard InChI is InChI=1S/C18H29NO2/c1-13(2)7-5-6-8-17(19)15-9-11-16(12-10-15)18(20)21-14(3)4/h9-14,17H,5-8,19H2,1-4H3. The molecule has 1 rings (SSSR count). The van der Waals surface area contributed by atoms with Gasteiger partial charge in [-0.3, -0.25) is 0 Å². The van der Waals surface area contributed by atoms with Gasteiger partial charge in [0.25, 0.3) is 0 Å². The zero-order valence-corrected chi connectivity index (χ0v) is 13.8. The van der Waals surface area contributed by atoms with E-state index in [2.05, 4.69) is 13.8 Å². The van der Waals surface area contributed by atoms with Crippen molar-refractivity contribution in [3.63, 3.8) is 0 Å². The lowest BCUT2D eigenvalue weighted by Crippen LogP contribution is -2.13. The number of unbranched alkanes of at least 4 members (excludes halogenated alkanes) is 1. The highest BCUT2D eigenvalue weighted by Gasteiger charge is 2.11. The SMILES string of the molecule is CC(C)CCCCC(N)c1ccc(C(=O)OC(C)C)cc1. The maximum absolute atomic E-state index is 11.8. The van der Waals surface area contributed by atoms with Crippen LogP contribution in [0.4, 0.5) is 0 Å². The first kappa shape index (κ1) is 17.7. The fourth-order valence-corrected chi connectivity index (χ4v) is 2.23. The summed E-state index contributed by atoms with van der Waals surface area (Å²) in [7, 11) is 0. The molecule has 0 saturated carbocycles. The van der Waals surface area contributed by atoms with Crippen molar-refractivity contribution in [1.82, 2.24) is 0 Å². The van der Waals surface area contributed by atoms with Gasteiger partial charge >= 0.3 is 5.97 Å². The average Bonchev–Trinajstić information content (AvgIpc) is 2.42. The van der Waals surface area contributed by atoms with E-state index in [4.69, 9.17) is 10.5 Å². The Balaban J connectivity index is 2.47. The van der Waals surface area contributed by atoms with Crippen molar-refractivity contribution in [1.29, 1.82) is 0 Å². The molecule has 0 amide bonds. The van der Waals surface area contributed by atoms with Gasteiger partial charge < -0.3 is 10.5 Å². The number of carbonyl (C=O) groups excluding carboxylic acids is 1. The molecule has 0 aliphatic rings. The van der Waals surface area contributed by atoms with Gasteiger partial charge in [-0.2, -0.15) is 0 Å². The molecule has 21 heavy (non-hydrogen) atoms. The van der Waals surface area contributed by atoms with E-state index in [0.29, 0.717) is 5.56 Å². The predicted molar refractivity (Wildman–Crippen MR) is 87.2 cm³/mol. The van der Waals surface area contributed by atoms with E-state index < -0.39 is 0 Å². The number of esters is 1. The molecule has 0 saturated heterocycles. The van der Waals surface area contributed by atoms with Gasteiger partial charge in [-0.1, -0.05) is 45.2 Å². The molecular weight excluding hydrogens is 262 g/mol. The second kappa shape index (κ2) is 8.83. The zero-order valence-electron chi connectivity index (χ0n) is 13.8. The first-order chi connectivity index (χ1) is 9.90. The molecule has 1 unspecified atom stereocenters. The largest absolute Gasteiger partial charge is 0.459 e. The second-order valence-electron chi connectivity index (χ2n) is 6.36. The monoisotopic (exact) mass is 291 g/mol. The fourth-order valence-electron chi connectivity index (χ4n) is 2.23. The molecule has 0 aliphatic heterocycles. The Labute approximate surface area is 128 Å². The van der Waals surface area contributed by atoms with Gasteiger partial charge in [0.15, 0.2) is 0 Å². The highest BCUT2D eigenvalue weighted by Crippen LogP contribution is 2.19. The van der Waals surface area contributed by atoms with E-state index in [-0.39, 0.29) is 18.1 Å². The molecule has 0 heterocycles. The lowest BCUT2D eigenvalue weighted by molar-refractivity contribution is 0.0378. The highest BCUT2D eigenvalue weighted by atomic mass is 16.5. The summed E-state index contributed by atoms with van der Waals surface area (Å²) in [6.45, 7) is 8.18. The number of hydrogen-bond donors (Lipinski definition) is 1. The van der Waals surface area contributed by atoms with Gasteiger partial charge in [0.05, 0.1) is 11.7 Å². The molecule has 3 heteroatoms. The molecule has 3 nitrogen and oxygen atoms in total. The van der Waals surface area contributed by atoms with Crippen molar-refractivity contribution >= 4 is 5.97 Å². The minimum atomic E-state index is -0.276. The Bertz CT molecular complexity index is 423. The summed E-state index contributed by atoms with van der Waals surface area (Å²) >= 11 is 0. The van der Waals surface area contributed by atoms with E-state index >= 15 is 0 Å². The summed E-state index contributed by atoms with van der Waals surface area (Å²) < 4.78 is 5.17. The van der Waals surface area contributed by atoms with Crippen molar-refractivity contribution in [2.75, 3.05) is 0 Å². The number of benzene rings is 1. The molecule has 1 aromatic rings. The third kappa shape index (κ3) is 6.76. The Morgan fingerprint density at radius 3 is 2.14 bits per heavy atom. The van der Waals surface area contributed by atoms with E-state index in [1.165, 1.54) is 12.8 Å². The molecule has 1 atom stereocenters. The normalized spacial score (nSPS) is 12.7. The van der Waals surface area contributed by atoms with Crippen LogP contribution >= 0.6 is 0 Å². The van der Waals surface area contributed by atoms with Crippen LogP contribution < -0.4 is 5.73 Å². The topological polar surface area (TPSA) is 52.3 Å². The van der Waals surface area contributed by atoms with Crippen LogP contribution in [0.2, 0.25) is 0 Å². The molecule has 118 valence electrons. The van der Waals surface area contributed by atoms with E-state index in [1.807, 2.05) is 26.0 Å². The lowest BCUT2D eigenvalue weighted by atomic mass is 9.98. The minimum absolute atomic E-state index is 0.0485. The van der Waals surface area contributed by atoms with Gasteiger partial charge in [0.2, 0.25) is 0 Å². The van der Waals surface area contributed by atoms with Crippen LogP contribution in [0.1, 0.15) is 75.3 Å². The van der Waals surface area contributed by atoms with Crippen LogP contribution in [0.25, 0.3) is 0 Å². The molecule has 1 aromatic carbocycles. The number of rotatable bonds is 8. The number of hydrogen-bond acceptors (Lipinski definition) is 3. The fraction of sp³-hybridized carbons (Fsp3) is 0.611. The molecular formula is C18H29NO2. The van der Waals surface area contributed by atoms with Crippen LogP contribution in [0.15, 0.2) is 24.3 Å². The van der Waals surface area contributed by atoms with Gasteiger partial charge in [-0.05, 0) is 43.9 Å². The van der Waals surface area contributed by atoms with Gasteiger partial charge in [-0.25, -0.2) is 4.79 Å². The van der Waals surface area contributed by atoms with Crippen LogP contribution in [-0.2, 0) is 4.74 Å². The summed E-state index contributed by atoms with van der Waals surface area (Å²) in [4.78, 5) is 11.8. The maximum Gasteiger partial charge on any atom is 0.338 e. The van der Waals surface area contributed by atoms with Gasteiger partial charge in [0.1, 0.15) is 0 Å². The number of carbonyl (C=O) groups is 1. The quantitative estimate of drug-likeness (QED) is 0.568. The Morgan fingerprint density at radius 1 is 1.05 bits per heavy atom. The molecule has 0 aliphatic carbocycles. The molecule has 0 radical (unpaired) electrons. The Kier molecular flexibility index (Phi) is 7.44. The van der Waals surface area contributed by atoms with Gasteiger partial charge in [0, 0.05) is 6.04 Å². The van der Waals surface area contributed by atoms with Crippen molar-refractivity contribution in [2.24, 2.45) is 11.7 Å². The summed E-state index contributed by atoms with van der Waals surface area (Å²) in [6, 6.07) is 7.52. The molecule has 0 fully saturated rings. The number of nitrogens with two attached hydrogens (primary N) is 1. The summed E-state index contributed by atoms with van der Waals surface area (Å²) in [6.07, 6.45) is 4.52. The van der Waals surface area contributed by atoms with Crippen LogP contribution in [0.3, 0.4) is 0 Å². The second-order valence-corrected chi connectivity index (χ2v) is 6.36. The molecule has 0 aromatic heterocycles. The van der Waals surface area contributed by atoms with Crippen LogP contribution in [0.5, 0.6) is 0 Å². The van der Waals surface area contributed by atoms with E-state index in [1.54, 1.807) is 12.1 Å². The zero-order chi connectivity index (χ0) is 15.8. The van der Waals surface area contributed by atoms with Crippen LogP contribution in [0, 0.1) is 5.92 Å². The third-order valence-corrected chi connectivity index (χ3v) is 3.46. The minimum Gasteiger partial charge on any atom is -0.459 e. The van der Waals surface area contributed by atoms with E-state index in [9.17, 15) is 4.79 Å². The summed E-state index contributed by atoms with van der Waals surface area (Å²) in [5.74, 6) is 0.481.